The molecule has 0 unspecified atom stereocenters. The van der Waals surface area contributed by atoms with E-state index >= 15 is 0 Å². The van der Waals surface area contributed by atoms with E-state index in [2.05, 4.69) is 17.6 Å². The Hall–Kier alpha value is -4.00. The summed E-state index contributed by atoms with van der Waals surface area (Å²) in [6.45, 7) is 2.75. The van der Waals surface area contributed by atoms with Crippen molar-refractivity contribution in [3.8, 4) is 17.2 Å². The van der Waals surface area contributed by atoms with Crippen LogP contribution in [0.25, 0.3) is 0 Å². The lowest BCUT2D eigenvalue weighted by Gasteiger charge is -2.15. The number of unbranched alkanes of at least 4 members (excludes halogenated alkanes) is 7. The molecule has 0 radical (unpaired) electrons. The van der Waals surface area contributed by atoms with Gasteiger partial charge >= 0.3 is 12.2 Å². The summed E-state index contributed by atoms with van der Waals surface area (Å²) in [6, 6.07) is 22.6. The second-order valence-corrected chi connectivity index (χ2v) is 8.69. The summed E-state index contributed by atoms with van der Waals surface area (Å²) in [5.41, 5.74) is 0.827. The van der Waals surface area contributed by atoms with Gasteiger partial charge < -0.3 is 14.2 Å². The lowest BCUT2D eigenvalue weighted by Crippen LogP contribution is -2.19. The smallest absolute Gasteiger partial charge is 0.417 e. The molecule has 0 aromatic heterocycles. The van der Waals surface area contributed by atoms with Crippen LogP contribution in [0.4, 0.5) is 21.0 Å². The maximum Gasteiger partial charge on any atom is 0.417 e. The first-order chi connectivity index (χ1) is 18.1. The third-order valence-corrected chi connectivity index (χ3v) is 5.63. The van der Waals surface area contributed by atoms with E-state index in [4.69, 9.17) is 14.2 Å². The van der Waals surface area contributed by atoms with Gasteiger partial charge in [0.1, 0.15) is 17.2 Å². The Morgan fingerprint density at radius 3 is 1.78 bits per heavy atom. The van der Waals surface area contributed by atoms with E-state index in [1.54, 1.807) is 66.7 Å². The van der Waals surface area contributed by atoms with Crippen molar-refractivity contribution < 1.29 is 23.8 Å². The van der Waals surface area contributed by atoms with Gasteiger partial charge in [0.15, 0.2) is 0 Å². The van der Waals surface area contributed by atoms with E-state index < -0.39 is 12.2 Å². The summed E-state index contributed by atoms with van der Waals surface area (Å²) in [5, 5.41) is 5.40. The van der Waals surface area contributed by atoms with Gasteiger partial charge in [0, 0.05) is 5.69 Å². The van der Waals surface area contributed by atoms with Gasteiger partial charge in [-0.05, 0) is 48.9 Å². The number of nitrogens with one attached hydrogen (secondary N) is 2. The molecule has 0 bridgehead atoms. The number of carbonyl (C=O) groups excluding carboxylic acids is 2. The van der Waals surface area contributed by atoms with E-state index in [1.807, 2.05) is 12.1 Å². The zero-order chi connectivity index (χ0) is 26.1. The van der Waals surface area contributed by atoms with Crippen LogP contribution in [0.1, 0.15) is 58.3 Å². The number of rotatable bonds is 14. The summed E-state index contributed by atoms with van der Waals surface area (Å²) < 4.78 is 16.6. The Morgan fingerprint density at radius 1 is 0.649 bits per heavy atom. The van der Waals surface area contributed by atoms with Crippen LogP contribution in [-0.2, 0) is 0 Å². The lowest BCUT2D eigenvalue weighted by molar-refractivity contribution is 0.214. The zero-order valence-electron chi connectivity index (χ0n) is 21.4. The topological polar surface area (TPSA) is 85.9 Å². The SMILES string of the molecule is CCCCCCCCCCOc1ccc(NC(=O)Oc2ccccc2)cc1NC(=O)Oc1ccccc1. The molecule has 3 aromatic carbocycles. The van der Waals surface area contributed by atoms with Crippen molar-refractivity contribution in [1.29, 1.82) is 0 Å². The van der Waals surface area contributed by atoms with Crippen molar-refractivity contribution in [3.05, 3.63) is 78.9 Å². The second kappa shape index (κ2) is 15.9. The molecule has 0 aliphatic rings. The molecule has 0 fully saturated rings. The van der Waals surface area contributed by atoms with Gasteiger partial charge in [-0.25, -0.2) is 9.59 Å². The molecule has 7 heteroatoms. The summed E-state index contributed by atoms with van der Waals surface area (Å²) in [4.78, 5) is 24.9. The Labute approximate surface area is 219 Å². The first-order valence-electron chi connectivity index (χ1n) is 13.0. The Kier molecular flexibility index (Phi) is 11.8. The van der Waals surface area contributed by atoms with Crippen LogP contribution < -0.4 is 24.8 Å². The normalized spacial score (nSPS) is 10.4. The highest BCUT2D eigenvalue weighted by molar-refractivity contribution is 5.92. The summed E-state index contributed by atoms with van der Waals surface area (Å²) in [7, 11) is 0. The van der Waals surface area contributed by atoms with E-state index in [1.165, 1.54) is 38.5 Å². The molecule has 0 heterocycles. The molecule has 0 aliphatic heterocycles. The monoisotopic (exact) mass is 504 g/mol. The number of benzene rings is 3. The summed E-state index contributed by atoms with van der Waals surface area (Å²) in [5.74, 6) is 1.34. The minimum Gasteiger partial charge on any atom is -0.491 e. The summed E-state index contributed by atoms with van der Waals surface area (Å²) >= 11 is 0. The minimum atomic E-state index is -0.660. The quantitative estimate of drug-likeness (QED) is 0.215. The Balaban J connectivity index is 1.58. The summed E-state index contributed by atoms with van der Waals surface area (Å²) in [6.07, 6.45) is 8.30. The van der Waals surface area contributed by atoms with Crippen molar-refractivity contribution in [2.75, 3.05) is 17.2 Å². The van der Waals surface area contributed by atoms with Gasteiger partial charge in [0.05, 0.1) is 12.3 Å². The van der Waals surface area contributed by atoms with E-state index in [0.29, 0.717) is 35.2 Å². The van der Waals surface area contributed by atoms with E-state index in [-0.39, 0.29) is 0 Å². The number of hydrogen-bond donors (Lipinski definition) is 2. The van der Waals surface area contributed by atoms with Gasteiger partial charge in [-0.15, -0.1) is 0 Å². The van der Waals surface area contributed by atoms with Gasteiger partial charge in [0.2, 0.25) is 0 Å². The van der Waals surface area contributed by atoms with Gasteiger partial charge in [-0.1, -0.05) is 88.3 Å². The second-order valence-electron chi connectivity index (χ2n) is 8.69. The average molecular weight is 505 g/mol. The predicted molar refractivity (Wildman–Crippen MR) is 147 cm³/mol. The Bertz CT molecular complexity index is 1090. The van der Waals surface area contributed by atoms with Gasteiger partial charge in [0.25, 0.3) is 0 Å². The van der Waals surface area contributed by atoms with Crippen molar-refractivity contribution in [2.24, 2.45) is 0 Å². The van der Waals surface area contributed by atoms with Crippen LogP contribution in [0.15, 0.2) is 78.9 Å². The number of anilines is 2. The van der Waals surface area contributed by atoms with Gasteiger partial charge in [-0.3, -0.25) is 10.6 Å². The highest BCUT2D eigenvalue weighted by atomic mass is 16.6. The largest absolute Gasteiger partial charge is 0.491 e. The molecule has 196 valence electrons. The molecule has 3 aromatic rings. The number of amides is 2. The molecule has 0 spiro atoms. The lowest BCUT2D eigenvalue weighted by atomic mass is 10.1. The molecule has 7 nitrogen and oxygen atoms in total. The van der Waals surface area contributed by atoms with Crippen LogP contribution in [0.5, 0.6) is 17.2 Å². The molecule has 37 heavy (non-hydrogen) atoms. The van der Waals surface area contributed by atoms with Crippen LogP contribution >= 0.6 is 0 Å². The van der Waals surface area contributed by atoms with Crippen LogP contribution in [0.2, 0.25) is 0 Å². The van der Waals surface area contributed by atoms with Crippen LogP contribution in [0, 0.1) is 0 Å². The fourth-order valence-corrected chi connectivity index (χ4v) is 3.72. The molecule has 0 saturated heterocycles. The van der Waals surface area contributed by atoms with Crippen molar-refractivity contribution in [3.63, 3.8) is 0 Å². The number of para-hydroxylation sites is 2. The average Bonchev–Trinajstić information content (AvgIpc) is 2.90. The van der Waals surface area contributed by atoms with E-state index in [0.717, 1.165) is 12.8 Å². The molecular formula is C30H36N2O5. The molecular weight excluding hydrogens is 468 g/mol. The van der Waals surface area contributed by atoms with Crippen molar-refractivity contribution in [2.45, 2.75) is 58.3 Å². The molecule has 3 rings (SSSR count). The molecule has 0 saturated carbocycles. The third kappa shape index (κ3) is 10.7. The third-order valence-electron chi connectivity index (χ3n) is 5.63. The minimum absolute atomic E-state index is 0.387. The zero-order valence-corrected chi connectivity index (χ0v) is 21.4. The van der Waals surface area contributed by atoms with Crippen LogP contribution in [-0.4, -0.2) is 18.8 Å². The number of carbonyl (C=O) groups is 2. The highest BCUT2D eigenvalue weighted by Gasteiger charge is 2.13. The molecule has 0 aliphatic carbocycles. The van der Waals surface area contributed by atoms with E-state index in [9.17, 15) is 9.59 Å². The number of hydrogen-bond acceptors (Lipinski definition) is 5. The first kappa shape index (κ1) is 27.6. The van der Waals surface area contributed by atoms with Crippen molar-refractivity contribution >= 4 is 23.6 Å². The van der Waals surface area contributed by atoms with Crippen LogP contribution in [0.3, 0.4) is 0 Å². The standard InChI is InChI=1S/C30H36N2O5/c1-2-3-4-5-6-7-8-15-22-35-28-21-20-24(31-29(33)36-25-16-11-9-12-17-25)23-27(28)32-30(34)37-26-18-13-10-14-19-26/h9-14,16-21,23H,2-8,15,22H2,1H3,(H,31,33)(H,32,34). The maximum absolute atomic E-state index is 12.5. The molecule has 2 amide bonds. The predicted octanol–water partition coefficient (Wildman–Crippen LogP) is 8.43. The maximum atomic E-state index is 12.5. The van der Waals surface area contributed by atoms with Crippen molar-refractivity contribution in [1.82, 2.24) is 0 Å². The van der Waals surface area contributed by atoms with Gasteiger partial charge in [-0.2, -0.15) is 0 Å². The molecule has 2 N–H and O–H groups in total. The first-order valence-corrected chi connectivity index (χ1v) is 13.0. The fourth-order valence-electron chi connectivity index (χ4n) is 3.72. The fraction of sp³-hybridized carbons (Fsp3) is 0.333. The molecule has 0 atom stereocenters. The number of ether oxygens (including phenoxy) is 3. The Morgan fingerprint density at radius 2 is 1.19 bits per heavy atom. The highest BCUT2D eigenvalue weighted by Crippen LogP contribution is 2.29.